The maximum absolute atomic E-state index is 13.5. The second kappa shape index (κ2) is 14.2. The maximum atomic E-state index is 13.5. The Balaban J connectivity index is 1.22. The Hall–Kier alpha value is -2.96. The van der Waals surface area contributed by atoms with Gasteiger partial charge in [0.25, 0.3) is 0 Å². The lowest BCUT2D eigenvalue weighted by atomic mass is 9.74. The van der Waals surface area contributed by atoms with Gasteiger partial charge in [-0.25, -0.2) is 13.2 Å². The lowest BCUT2D eigenvalue weighted by Crippen LogP contribution is -2.43. The molecule has 1 unspecified atom stereocenters. The fourth-order valence-corrected chi connectivity index (χ4v) is 6.11. The van der Waals surface area contributed by atoms with Crippen molar-refractivity contribution in [3.8, 4) is 11.5 Å². The van der Waals surface area contributed by atoms with Crippen molar-refractivity contribution in [1.82, 2.24) is 14.8 Å². The molecule has 2 aliphatic heterocycles. The molecule has 2 fully saturated rings. The standard InChI is InChI=1S/C32H40F3N3O5/c1-41-23-2-3-28-25(16-23)30(22(19-36-28)20-38-10-13-42-14-11-38)29(40)4-5-32(21-39)6-8-37(9-7-32)12-15-43-24-17-26(33)31(35)27(34)18-24/h2-3,16-19,29,39-40H,4-15,20-21H2,1H3. The van der Waals surface area contributed by atoms with Crippen LogP contribution in [0.15, 0.2) is 36.5 Å². The first kappa shape index (κ1) is 31.5. The number of nitrogens with zero attached hydrogens (tertiary/aromatic N) is 3. The highest BCUT2D eigenvalue weighted by Crippen LogP contribution is 2.40. The number of halogens is 3. The van der Waals surface area contributed by atoms with E-state index in [1.165, 1.54) is 0 Å². The number of aliphatic hydroxyl groups excluding tert-OH is 2. The molecular formula is C32H40F3N3O5. The van der Waals surface area contributed by atoms with Crippen LogP contribution in [0, 0.1) is 22.9 Å². The Morgan fingerprint density at radius 2 is 1.72 bits per heavy atom. The maximum Gasteiger partial charge on any atom is 0.194 e. The molecule has 0 amide bonds. The van der Waals surface area contributed by atoms with E-state index in [2.05, 4.69) is 14.8 Å². The fourth-order valence-electron chi connectivity index (χ4n) is 6.11. The van der Waals surface area contributed by atoms with Crippen LogP contribution in [0.3, 0.4) is 0 Å². The summed E-state index contributed by atoms with van der Waals surface area (Å²) in [6.45, 7) is 5.82. The number of pyridine rings is 1. The molecule has 0 aliphatic carbocycles. The summed E-state index contributed by atoms with van der Waals surface area (Å²) in [5.41, 5.74) is 2.29. The molecule has 2 aliphatic rings. The van der Waals surface area contributed by atoms with Gasteiger partial charge in [-0.2, -0.15) is 0 Å². The van der Waals surface area contributed by atoms with Crippen molar-refractivity contribution in [1.29, 1.82) is 0 Å². The minimum absolute atomic E-state index is 0.0176. The number of morpholine rings is 1. The van der Waals surface area contributed by atoms with Crippen LogP contribution in [0.5, 0.6) is 11.5 Å². The number of hydrogen-bond donors (Lipinski definition) is 2. The van der Waals surface area contributed by atoms with Gasteiger partial charge in [-0.15, -0.1) is 0 Å². The van der Waals surface area contributed by atoms with Crippen LogP contribution in [-0.2, 0) is 11.3 Å². The highest BCUT2D eigenvalue weighted by molar-refractivity contribution is 5.85. The van der Waals surface area contributed by atoms with Gasteiger partial charge in [0.1, 0.15) is 18.1 Å². The summed E-state index contributed by atoms with van der Waals surface area (Å²) in [5.74, 6) is -3.44. The van der Waals surface area contributed by atoms with Gasteiger partial charge in [-0.05, 0) is 73.5 Å². The molecule has 5 rings (SSSR count). The van der Waals surface area contributed by atoms with E-state index in [-0.39, 0.29) is 24.4 Å². The van der Waals surface area contributed by atoms with E-state index in [9.17, 15) is 23.4 Å². The molecule has 3 aromatic rings. The topological polar surface area (TPSA) is 87.5 Å². The first-order chi connectivity index (χ1) is 20.8. The summed E-state index contributed by atoms with van der Waals surface area (Å²) in [4.78, 5) is 9.15. The van der Waals surface area contributed by atoms with Crippen molar-refractivity contribution in [2.24, 2.45) is 5.41 Å². The fraction of sp³-hybridized carbons (Fsp3) is 0.531. The Labute approximate surface area is 250 Å². The Morgan fingerprint density at radius 3 is 2.40 bits per heavy atom. The van der Waals surface area contributed by atoms with E-state index in [1.54, 1.807) is 7.11 Å². The zero-order valence-corrected chi connectivity index (χ0v) is 24.5. The second-order valence-electron chi connectivity index (χ2n) is 11.6. The molecule has 2 saturated heterocycles. The number of benzene rings is 2. The van der Waals surface area contributed by atoms with Gasteiger partial charge >= 0.3 is 0 Å². The molecule has 2 N–H and O–H groups in total. The number of hydrogen-bond acceptors (Lipinski definition) is 8. The van der Waals surface area contributed by atoms with Crippen LogP contribution in [0.25, 0.3) is 10.9 Å². The predicted octanol–water partition coefficient (Wildman–Crippen LogP) is 4.46. The number of rotatable bonds is 12. The minimum atomic E-state index is -1.51. The molecular weight excluding hydrogens is 563 g/mol. The SMILES string of the molecule is COc1ccc2ncc(CN3CCOCC3)c(C(O)CCC3(CO)CCN(CCOc4cc(F)c(F)c(F)c4)CC3)c2c1. The van der Waals surface area contributed by atoms with Crippen molar-refractivity contribution in [3.05, 3.63) is 65.1 Å². The summed E-state index contributed by atoms with van der Waals surface area (Å²) in [6.07, 6.45) is 3.72. The first-order valence-electron chi connectivity index (χ1n) is 14.8. The molecule has 0 radical (unpaired) electrons. The molecule has 2 aromatic carbocycles. The van der Waals surface area contributed by atoms with Gasteiger partial charge in [-0.3, -0.25) is 14.8 Å². The molecule has 11 heteroatoms. The number of methoxy groups -OCH3 is 1. The van der Waals surface area contributed by atoms with Gasteiger partial charge in [0.15, 0.2) is 17.5 Å². The monoisotopic (exact) mass is 603 g/mol. The smallest absolute Gasteiger partial charge is 0.194 e. The molecule has 0 saturated carbocycles. The normalized spacial score (nSPS) is 18.6. The lowest BCUT2D eigenvalue weighted by molar-refractivity contribution is 0.0199. The van der Waals surface area contributed by atoms with E-state index < -0.39 is 23.6 Å². The number of aliphatic hydroxyl groups is 2. The molecule has 0 spiro atoms. The zero-order valence-electron chi connectivity index (χ0n) is 24.5. The number of ether oxygens (including phenoxy) is 3. The third-order valence-electron chi connectivity index (χ3n) is 8.86. The molecule has 1 atom stereocenters. The van der Waals surface area contributed by atoms with Crippen molar-refractivity contribution >= 4 is 10.9 Å². The van der Waals surface area contributed by atoms with Crippen LogP contribution in [0.1, 0.15) is 42.9 Å². The van der Waals surface area contributed by atoms with Crippen LogP contribution < -0.4 is 9.47 Å². The highest BCUT2D eigenvalue weighted by Gasteiger charge is 2.35. The van der Waals surface area contributed by atoms with Gasteiger partial charge in [-0.1, -0.05) is 0 Å². The molecule has 8 nitrogen and oxygen atoms in total. The number of likely N-dealkylation sites (tertiary alicyclic amines) is 1. The van der Waals surface area contributed by atoms with Crippen molar-refractivity contribution in [2.75, 3.05) is 66.3 Å². The van der Waals surface area contributed by atoms with Crippen LogP contribution in [0.4, 0.5) is 13.2 Å². The summed E-state index contributed by atoms with van der Waals surface area (Å²) in [6, 6.07) is 7.38. The average molecular weight is 604 g/mol. The zero-order chi connectivity index (χ0) is 30.4. The Bertz CT molecular complexity index is 1360. The molecule has 1 aromatic heterocycles. The lowest BCUT2D eigenvalue weighted by Gasteiger charge is -2.41. The second-order valence-corrected chi connectivity index (χ2v) is 11.6. The Morgan fingerprint density at radius 1 is 1.00 bits per heavy atom. The summed E-state index contributed by atoms with van der Waals surface area (Å²) < 4.78 is 56.6. The number of aromatic nitrogens is 1. The quantitative estimate of drug-likeness (QED) is 0.294. The summed E-state index contributed by atoms with van der Waals surface area (Å²) in [7, 11) is 1.62. The highest BCUT2D eigenvalue weighted by atomic mass is 19.2. The van der Waals surface area contributed by atoms with Crippen molar-refractivity contribution in [3.63, 3.8) is 0 Å². The van der Waals surface area contributed by atoms with Gasteiger partial charge in [0, 0.05) is 56.5 Å². The third-order valence-corrected chi connectivity index (χ3v) is 8.86. The molecule has 3 heterocycles. The van der Waals surface area contributed by atoms with E-state index in [4.69, 9.17) is 14.2 Å². The summed E-state index contributed by atoms with van der Waals surface area (Å²) >= 11 is 0. The average Bonchev–Trinajstić information content (AvgIpc) is 3.03. The van der Waals surface area contributed by atoms with E-state index in [1.807, 2.05) is 24.4 Å². The van der Waals surface area contributed by atoms with E-state index in [0.29, 0.717) is 58.0 Å². The van der Waals surface area contributed by atoms with Gasteiger partial charge in [0.05, 0.1) is 31.9 Å². The molecule has 43 heavy (non-hydrogen) atoms. The first-order valence-corrected chi connectivity index (χ1v) is 14.8. The van der Waals surface area contributed by atoms with Crippen molar-refractivity contribution < 1.29 is 37.6 Å². The Kier molecular flexibility index (Phi) is 10.4. The van der Waals surface area contributed by atoms with Crippen LogP contribution in [0.2, 0.25) is 0 Å². The number of fused-ring (bicyclic) bond motifs is 1. The van der Waals surface area contributed by atoms with Gasteiger partial charge < -0.3 is 24.4 Å². The van der Waals surface area contributed by atoms with Crippen molar-refractivity contribution in [2.45, 2.75) is 38.3 Å². The molecule has 0 bridgehead atoms. The van der Waals surface area contributed by atoms with E-state index >= 15 is 0 Å². The number of piperidine rings is 1. The molecule has 234 valence electrons. The van der Waals surface area contributed by atoms with Crippen LogP contribution in [-0.4, -0.2) is 91.3 Å². The van der Waals surface area contributed by atoms with Gasteiger partial charge in [0.2, 0.25) is 0 Å². The van der Waals surface area contributed by atoms with E-state index in [0.717, 1.165) is 60.1 Å². The summed E-state index contributed by atoms with van der Waals surface area (Å²) in [5, 5.41) is 23.0. The predicted molar refractivity (Wildman–Crippen MR) is 156 cm³/mol. The third kappa shape index (κ3) is 7.58. The minimum Gasteiger partial charge on any atom is -0.497 e. The largest absolute Gasteiger partial charge is 0.497 e. The van der Waals surface area contributed by atoms with Crippen LogP contribution >= 0.6 is 0 Å².